The summed E-state index contributed by atoms with van der Waals surface area (Å²) in [6.45, 7) is 10.3. The van der Waals surface area contributed by atoms with Crippen LogP contribution in [0.2, 0.25) is 6.04 Å². The molecule has 0 N–H and O–H groups in total. The zero-order valence-electron chi connectivity index (χ0n) is 20.3. The van der Waals surface area contributed by atoms with E-state index < -0.39 is 8.80 Å². The topological polar surface area (TPSA) is 27.7 Å². The zero-order chi connectivity index (χ0) is 22.6. The van der Waals surface area contributed by atoms with Gasteiger partial charge < -0.3 is 13.3 Å². The highest BCUT2D eigenvalue weighted by molar-refractivity contribution is 6.67. The van der Waals surface area contributed by atoms with Crippen LogP contribution in [0, 0.1) is 0 Å². The second-order valence-electron chi connectivity index (χ2n) is 7.65. The Morgan fingerprint density at radius 3 is 1.42 bits per heavy atom. The summed E-state index contributed by atoms with van der Waals surface area (Å²) in [5.74, 6) is 0. The van der Waals surface area contributed by atoms with E-state index in [1.54, 1.807) is 0 Å². The first-order valence-electron chi connectivity index (χ1n) is 12.2. The van der Waals surface area contributed by atoms with Gasteiger partial charge in [-0.15, -0.1) is 0 Å². The van der Waals surface area contributed by atoms with Crippen LogP contribution in [0.15, 0.2) is 60.7 Å². The molecule has 0 aliphatic rings. The van der Waals surface area contributed by atoms with Crippen LogP contribution < -0.4 is 10.4 Å². The minimum atomic E-state index is -2.36. The molecule has 3 nitrogen and oxygen atoms in total. The van der Waals surface area contributed by atoms with Gasteiger partial charge in [0.25, 0.3) is 0 Å². The average Bonchev–Trinajstić information content (AvgIpc) is 2.79. The predicted octanol–water partition coefficient (Wildman–Crippen LogP) is 5.20. The molecule has 31 heavy (non-hydrogen) atoms. The van der Waals surface area contributed by atoms with Crippen LogP contribution in [0.5, 0.6) is 0 Å². The van der Waals surface area contributed by atoms with Crippen LogP contribution in [-0.2, 0) is 13.3 Å². The van der Waals surface area contributed by atoms with Crippen LogP contribution in [-0.4, -0.2) is 38.1 Å². The molecule has 2 aromatic carbocycles. The average molecular weight is 461 g/mol. The van der Waals surface area contributed by atoms with Crippen LogP contribution >= 0.6 is 0 Å². The standard InChI is InChI=1S/C14H32O3Si.C12H12Si/c1-5-9-10-11-12-13-14-18(15-6-2,16-7-3)17-8-4;1-3-7-11(8-4-1)13-12-9-5-2-6-10-12/h5-14H2,1-4H3;1-10H,13H2. The Bertz CT molecular complexity index is 583. The smallest absolute Gasteiger partial charge is 0.374 e. The van der Waals surface area contributed by atoms with Crippen molar-refractivity contribution in [1.29, 1.82) is 0 Å². The summed E-state index contributed by atoms with van der Waals surface area (Å²) in [5.41, 5.74) is 0. The fraction of sp³-hybridized carbons (Fsp3) is 0.538. The highest BCUT2D eigenvalue weighted by Crippen LogP contribution is 2.20. The molecule has 5 heteroatoms. The van der Waals surface area contributed by atoms with Gasteiger partial charge in [-0.3, -0.25) is 0 Å². The summed E-state index contributed by atoms with van der Waals surface area (Å²) >= 11 is 0. The van der Waals surface area contributed by atoms with E-state index in [-0.39, 0.29) is 9.52 Å². The Labute approximate surface area is 194 Å². The van der Waals surface area contributed by atoms with E-state index in [1.165, 1.54) is 42.5 Å². The molecular weight excluding hydrogens is 416 g/mol. The molecule has 0 heterocycles. The summed E-state index contributed by atoms with van der Waals surface area (Å²) in [7, 11) is -2.60. The molecule has 0 amide bonds. The molecule has 0 aliphatic heterocycles. The highest BCUT2D eigenvalue weighted by atomic mass is 28.4. The fourth-order valence-electron chi connectivity index (χ4n) is 3.55. The quantitative estimate of drug-likeness (QED) is 0.270. The molecule has 0 atom stereocenters. The van der Waals surface area contributed by atoms with Gasteiger partial charge in [-0.25, -0.2) is 0 Å². The lowest BCUT2D eigenvalue weighted by Gasteiger charge is -2.28. The lowest BCUT2D eigenvalue weighted by Crippen LogP contribution is -2.45. The number of hydrogen-bond acceptors (Lipinski definition) is 3. The van der Waals surface area contributed by atoms with Crippen molar-refractivity contribution < 1.29 is 13.3 Å². The zero-order valence-corrected chi connectivity index (χ0v) is 22.7. The van der Waals surface area contributed by atoms with E-state index in [2.05, 4.69) is 67.6 Å². The maximum atomic E-state index is 5.83. The first-order chi connectivity index (χ1) is 15.2. The van der Waals surface area contributed by atoms with Crippen molar-refractivity contribution in [3.8, 4) is 0 Å². The van der Waals surface area contributed by atoms with Gasteiger partial charge in [0, 0.05) is 25.9 Å². The van der Waals surface area contributed by atoms with E-state index in [0.29, 0.717) is 19.8 Å². The van der Waals surface area contributed by atoms with Gasteiger partial charge in [0.2, 0.25) is 0 Å². The summed E-state index contributed by atoms with van der Waals surface area (Å²) in [5, 5.41) is 3.02. The maximum Gasteiger partial charge on any atom is 0.500 e. The molecule has 174 valence electrons. The van der Waals surface area contributed by atoms with Crippen molar-refractivity contribution in [2.24, 2.45) is 0 Å². The Morgan fingerprint density at radius 2 is 1.00 bits per heavy atom. The van der Waals surface area contributed by atoms with Crippen molar-refractivity contribution in [3.63, 3.8) is 0 Å². The first kappa shape index (κ1) is 27.8. The SMILES string of the molecule is CCCCCCCC[Si](OCC)(OCC)OCC.c1ccc([SiH2]c2ccccc2)cc1. The third kappa shape index (κ3) is 13.0. The number of benzene rings is 2. The Hall–Kier alpha value is -1.25. The monoisotopic (exact) mass is 460 g/mol. The Balaban J connectivity index is 0.000000323. The van der Waals surface area contributed by atoms with Crippen LogP contribution in [0.1, 0.15) is 66.2 Å². The summed E-state index contributed by atoms with van der Waals surface area (Å²) in [4.78, 5) is 0. The molecule has 0 aromatic heterocycles. The van der Waals surface area contributed by atoms with Crippen LogP contribution in [0.4, 0.5) is 0 Å². The minimum Gasteiger partial charge on any atom is -0.374 e. The van der Waals surface area contributed by atoms with Crippen molar-refractivity contribution in [3.05, 3.63) is 60.7 Å². The van der Waals surface area contributed by atoms with Crippen molar-refractivity contribution >= 4 is 28.7 Å². The van der Waals surface area contributed by atoms with Gasteiger partial charge in [0.15, 0.2) is 0 Å². The summed E-state index contributed by atoms with van der Waals surface area (Å²) in [6.07, 6.45) is 7.75. The Morgan fingerprint density at radius 1 is 0.581 bits per heavy atom. The number of unbranched alkanes of at least 4 members (excludes halogenated alkanes) is 5. The lowest BCUT2D eigenvalue weighted by molar-refractivity contribution is 0.0706. The third-order valence-electron chi connectivity index (χ3n) is 5.02. The van der Waals surface area contributed by atoms with E-state index >= 15 is 0 Å². The van der Waals surface area contributed by atoms with Gasteiger partial charge in [-0.2, -0.15) is 0 Å². The molecule has 0 saturated carbocycles. The minimum absolute atomic E-state index is 0.234. The highest BCUT2D eigenvalue weighted by Gasteiger charge is 2.39. The molecule has 2 rings (SSSR count). The van der Waals surface area contributed by atoms with Crippen molar-refractivity contribution in [1.82, 2.24) is 0 Å². The molecule has 0 unspecified atom stereocenters. The summed E-state index contributed by atoms with van der Waals surface area (Å²) < 4.78 is 17.5. The first-order valence-corrected chi connectivity index (χ1v) is 15.5. The molecule has 0 radical (unpaired) electrons. The number of rotatable bonds is 15. The van der Waals surface area contributed by atoms with Gasteiger partial charge in [0.05, 0.1) is 9.52 Å². The van der Waals surface area contributed by atoms with E-state index in [1.807, 2.05) is 20.8 Å². The normalized spacial score (nSPS) is 11.1. The molecule has 0 aliphatic carbocycles. The molecule has 0 bridgehead atoms. The van der Waals surface area contributed by atoms with E-state index in [4.69, 9.17) is 13.3 Å². The maximum absolute atomic E-state index is 5.83. The van der Waals surface area contributed by atoms with Crippen LogP contribution in [0.25, 0.3) is 0 Å². The molecule has 0 saturated heterocycles. The predicted molar refractivity (Wildman–Crippen MR) is 140 cm³/mol. The second-order valence-corrected chi connectivity index (χ2v) is 12.4. The molecule has 0 spiro atoms. The fourth-order valence-corrected chi connectivity index (χ4v) is 7.72. The number of hydrogen-bond donors (Lipinski definition) is 0. The second kappa shape index (κ2) is 18.3. The largest absolute Gasteiger partial charge is 0.500 e. The molecular formula is C26H44O3Si2. The van der Waals surface area contributed by atoms with Gasteiger partial charge >= 0.3 is 8.80 Å². The summed E-state index contributed by atoms with van der Waals surface area (Å²) in [6, 6.07) is 22.5. The van der Waals surface area contributed by atoms with Gasteiger partial charge in [-0.05, 0) is 27.2 Å². The van der Waals surface area contributed by atoms with Crippen LogP contribution in [0.3, 0.4) is 0 Å². The van der Waals surface area contributed by atoms with Gasteiger partial charge in [-0.1, -0.05) is 110 Å². The van der Waals surface area contributed by atoms with E-state index in [0.717, 1.165) is 12.5 Å². The van der Waals surface area contributed by atoms with Gasteiger partial charge in [0.1, 0.15) is 0 Å². The molecule has 2 aromatic rings. The molecule has 0 fully saturated rings. The van der Waals surface area contributed by atoms with E-state index in [9.17, 15) is 0 Å². The Kier molecular flexibility index (Phi) is 16.4. The van der Waals surface area contributed by atoms with Crippen molar-refractivity contribution in [2.45, 2.75) is 72.3 Å². The lowest BCUT2D eigenvalue weighted by atomic mass is 10.1. The third-order valence-corrected chi connectivity index (χ3v) is 9.93. The van der Waals surface area contributed by atoms with Crippen molar-refractivity contribution in [2.75, 3.05) is 19.8 Å².